The van der Waals surface area contributed by atoms with E-state index in [1.165, 1.54) is 34.1 Å². The van der Waals surface area contributed by atoms with Crippen molar-refractivity contribution in [2.45, 2.75) is 43.9 Å². The molecule has 8 heteroatoms. The Hall–Kier alpha value is -2.31. The molecule has 190 valence electrons. The first-order chi connectivity index (χ1) is 16.7. The Morgan fingerprint density at radius 3 is 2.26 bits per heavy atom. The molecule has 0 amide bonds. The van der Waals surface area contributed by atoms with Gasteiger partial charge < -0.3 is 4.90 Å². The van der Waals surface area contributed by atoms with Crippen LogP contribution in [0, 0.1) is 24.1 Å². The molecular formula is C27H37FN4O2S. The molecule has 0 aliphatic carbocycles. The Morgan fingerprint density at radius 2 is 1.69 bits per heavy atom. The number of likely N-dealkylation sites (N-methyl/N-ethyl adjacent to an activating group) is 1. The van der Waals surface area contributed by atoms with Gasteiger partial charge in [0, 0.05) is 46.3 Å². The van der Waals surface area contributed by atoms with E-state index in [1.807, 2.05) is 13.0 Å². The van der Waals surface area contributed by atoms with E-state index >= 15 is 0 Å². The Morgan fingerprint density at radius 1 is 1.06 bits per heavy atom. The van der Waals surface area contributed by atoms with Gasteiger partial charge in [0.1, 0.15) is 5.82 Å². The van der Waals surface area contributed by atoms with Crippen LogP contribution >= 0.6 is 0 Å². The number of nitrogens with zero attached hydrogens (tertiary/aromatic N) is 4. The third-order valence-corrected chi connectivity index (χ3v) is 8.95. The number of nitriles is 1. The molecule has 0 bridgehead atoms. The zero-order valence-electron chi connectivity index (χ0n) is 21.1. The van der Waals surface area contributed by atoms with Crippen LogP contribution in [0.2, 0.25) is 0 Å². The average Bonchev–Trinajstić information content (AvgIpc) is 2.86. The maximum atomic E-state index is 13.1. The Kier molecular flexibility index (Phi) is 9.81. The lowest BCUT2D eigenvalue weighted by atomic mass is 9.90. The molecule has 2 aromatic rings. The molecule has 3 rings (SSSR count). The van der Waals surface area contributed by atoms with Crippen molar-refractivity contribution in [1.82, 2.24) is 14.1 Å². The van der Waals surface area contributed by atoms with Gasteiger partial charge in [0.05, 0.1) is 16.5 Å². The van der Waals surface area contributed by atoms with E-state index in [9.17, 15) is 12.8 Å². The SMILES string of the molecule is CCC(CCCN1CCN(CCN(C)S(=O)(=O)c2ccc(F)cc2)CC1)c1ccc(C#N)c(C)c1. The highest BCUT2D eigenvalue weighted by Gasteiger charge is 2.23. The summed E-state index contributed by atoms with van der Waals surface area (Å²) >= 11 is 0. The summed E-state index contributed by atoms with van der Waals surface area (Å²) in [6, 6.07) is 13.4. The van der Waals surface area contributed by atoms with Gasteiger partial charge in [0.15, 0.2) is 0 Å². The molecule has 1 heterocycles. The van der Waals surface area contributed by atoms with Crippen LogP contribution in [0.3, 0.4) is 0 Å². The van der Waals surface area contributed by atoms with E-state index in [-0.39, 0.29) is 4.90 Å². The fourth-order valence-corrected chi connectivity index (χ4v) is 5.82. The summed E-state index contributed by atoms with van der Waals surface area (Å²) in [7, 11) is -2.03. The molecule has 1 aliphatic rings. The van der Waals surface area contributed by atoms with Crippen LogP contribution in [0.5, 0.6) is 0 Å². The highest BCUT2D eigenvalue weighted by atomic mass is 32.2. The van der Waals surface area contributed by atoms with Crippen molar-refractivity contribution in [1.29, 1.82) is 5.26 Å². The van der Waals surface area contributed by atoms with Crippen molar-refractivity contribution in [2.75, 3.05) is 52.9 Å². The Labute approximate surface area is 210 Å². The van der Waals surface area contributed by atoms with Gasteiger partial charge in [-0.3, -0.25) is 4.90 Å². The molecule has 0 aromatic heterocycles. The molecule has 0 N–H and O–H groups in total. The third-order valence-electron chi connectivity index (χ3n) is 7.08. The van der Waals surface area contributed by atoms with Crippen LogP contribution in [0.4, 0.5) is 4.39 Å². The number of aryl methyl sites for hydroxylation is 1. The van der Waals surface area contributed by atoms with Crippen molar-refractivity contribution in [3.05, 3.63) is 65.0 Å². The van der Waals surface area contributed by atoms with E-state index < -0.39 is 15.8 Å². The number of hydrogen-bond acceptors (Lipinski definition) is 5. The molecule has 1 saturated heterocycles. The fourth-order valence-electron chi connectivity index (χ4n) is 4.66. The van der Waals surface area contributed by atoms with Crippen molar-refractivity contribution in [2.24, 2.45) is 0 Å². The van der Waals surface area contributed by atoms with Crippen LogP contribution in [-0.2, 0) is 10.0 Å². The van der Waals surface area contributed by atoms with Crippen LogP contribution in [0.15, 0.2) is 47.4 Å². The van der Waals surface area contributed by atoms with Crippen LogP contribution < -0.4 is 0 Å². The number of halogens is 1. The minimum atomic E-state index is -3.61. The highest BCUT2D eigenvalue weighted by Crippen LogP contribution is 2.26. The van der Waals surface area contributed by atoms with E-state index in [2.05, 4.69) is 34.9 Å². The predicted molar refractivity (Wildman–Crippen MR) is 137 cm³/mol. The summed E-state index contributed by atoms with van der Waals surface area (Å²) in [5.41, 5.74) is 3.13. The molecule has 6 nitrogen and oxygen atoms in total. The summed E-state index contributed by atoms with van der Waals surface area (Å²) in [6.07, 6.45) is 3.36. The largest absolute Gasteiger partial charge is 0.301 e. The average molecular weight is 501 g/mol. The lowest BCUT2D eigenvalue weighted by molar-refractivity contribution is 0.127. The standard InChI is InChI=1S/C27H37FN4O2S/c1-4-23(24-7-8-25(21-29)22(2)20-24)6-5-13-31-16-18-32(19-17-31)15-14-30(3)35(33,34)27-11-9-26(28)10-12-27/h7-12,20,23H,4-6,13-19H2,1-3H3. The van der Waals surface area contributed by atoms with E-state index in [4.69, 9.17) is 5.26 Å². The topological polar surface area (TPSA) is 67.7 Å². The van der Waals surface area contributed by atoms with E-state index in [0.717, 1.165) is 63.1 Å². The molecule has 1 unspecified atom stereocenters. The molecule has 35 heavy (non-hydrogen) atoms. The van der Waals surface area contributed by atoms with Gasteiger partial charge in [-0.2, -0.15) is 9.57 Å². The first-order valence-electron chi connectivity index (χ1n) is 12.4. The molecule has 1 atom stereocenters. The minimum absolute atomic E-state index is 0.118. The predicted octanol–water partition coefficient (Wildman–Crippen LogP) is 4.22. The van der Waals surface area contributed by atoms with Gasteiger partial charge in [-0.1, -0.05) is 19.1 Å². The normalized spacial score (nSPS) is 16.3. The van der Waals surface area contributed by atoms with Gasteiger partial charge in [0.25, 0.3) is 0 Å². The van der Waals surface area contributed by atoms with Gasteiger partial charge in [0.2, 0.25) is 10.0 Å². The van der Waals surface area contributed by atoms with E-state index in [1.54, 1.807) is 7.05 Å². The summed E-state index contributed by atoms with van der Waals surface area (Å²) in [5.74, 6) is 0.0698. The van der Waals surface area contributed by atoms with Crippen molar-refractivity contribution < 1.29 is 12.8 Å². The van der Waals surface area contributed by atoms with Gasteiger partial charge in [-0.15, -0.1) is 0 Å². The smallest absolute Gasteiger partial charge is 0.242 e. The molecule has 1 aliphatic heterocycles. The second-order valence-electron chi connectivity index (χ2n) is 9.40. The highest BCUT2D eigenvalue weighted by molar-refractivity contribution is 7.89. The molecule has 0 radical (unpaired) electrons. The monoisotopic (exact) mass is 500 g/mol. The summed E-state index contributed by atoms with van der Waals surface area (Å²) in [5, 5.41) is 9.16. The minimum Gasteiger partial charge on any atom is -0.301 e. The molecule has 2 aromatic carbocycles. The maximum Gasteiger partial charge on any atom is 0.242 e. The van der Waals surface area contributed by atoms with Gasteiger partial charge in [-0.05, 0) is 80.1 Å². The molecule has 1 fully saturated rings. The Balaban J connectivity index is 1.39. The second kappa shape index (κ2) is 12.6. The van der Waals surface area contributed by atoms with Crippen LogP contribution in [-0.4, -0.2) is 75.4 Å². The number of benzene rings is 2. The summed E-state index contributed by atoms with van der Waals surface area (Å²) in [6.45, 7) is 10.2. The van der Waals surface area contributed by atoms with Gasteiger partial charge >= 0.3 is 0 Å². The number of rotatable bonds is 11. The van der Waals surface area contributed by atoms with Crippen molar-refractivity contribution in [3.63, 3.8) is 0 Å². The quantitative estimate of drug-likeness (QED) is 0.462. The van der Waals surface area contributed by atoms with Crippen molar-refractivity contribution in [3.8, 4) is 6.07 Å². The van der Waals surface area contributed by atoms with Crippen LogP contribution in [0.25, 0.3) is 0 Å². The lowest BCUT2D eigenvalue weighted by Crippen LogP contribution is -2.48. The maximum absolute atomic E-state index is 13.1. The third kappa shape index (κ3) is 7.34. The first kappa shape index (κ1) is 27.3. The molecular weight excluding hydrogens is 463 g/mol. The lowest BCUT2D eigenvalue weighted by Gasteiger charge is -2.35. The number of piperazine rings is 1. The fraction of sp³-hybridized carbons (Fsp3) is 0.519. The summed E-state index contributed by atoms with van der Waals surface area (Å²) in [4.78, 5) is 4.92. The molecule has 0 saturated carbocycles. The van der Waals surface area contributed by atoms with Crippen LogP contribution in [0.1, 0.15) is 48.8 Å². The number of sulfonamides is 1. The first-order valence-corrected chi connectivity index (χ1v) is 13.9. The molecule has 0 spiro atoms. The number of hydrogen-bond donors (Lipinski definition) is 0. The van der Waals surface area contributed by atoms with Gasteiger partial charge in [-0.25, -0.2) is 12.8 Å². The zero-order valence-corrected chi connectivity index (χ0v) is 21.9. The Bertz CT molecular complexity index is 1110. The zero-order chi connectivity index (χ0) is 25.4. The second-order valence-corrected chi connectivity index (χ2v) is 11.4. The van der Waals surface area contributed by atoms with Crippen molar-refractivity contribution >= 4 is 10.0 Å². The van der Waals surface area contributed by atoms with E-state index in [0.29, 0.717) is 19.0 Å². The summed E-state index contributed by atoms with van der Waals surface area (Å²) < 4.78 is 39.8.